The molecule has 2 aromatic carbocycles. The third kappa shape index (κ3) is 2.83. The number of alkyl halides is 3. The molecule has 1 N–H and O–H groups in total. The molecule has 2 aromatic rings. The lowest BCUT2D eigenvalue weighted by molar-refractivity contribution is -0.137. The normalized spacial score (nSPS) is 18.0. The van der Waals surface area contributed by atoms with Crippen molar-refractivity contribution in [3.8, 4) is 6.07 Å². The van der Waals surface area contributed by atoms with Crippen LogP contribution in [-0.4, -0.2) is 22.6 Å². The number of imide groups is 1. The molecular weight excluding hydrogens is 399 g/mol. The maximum Gasteiger partial charge on any atom is 0.417 e. The number of nitrogens with zero attached hydrogens (tertiary/aromatic N) is 3. The van der Waals surface area contributed by atoms with Crippen LogP contribution in [0.4, 0.5) is 29.3 Å². The van der Waals surface area contributed by atoms with Gasteiger partial charge in [-0.2, -0.15) is 18.4 Å². The van der Waals surface area contributed by atoms with Crippen LogP contribution in [0.5, 0.6) is 0 Å². The lowest BCUT2D eigenvalue weighted by atomic mass is 9.75. The summed E-state index contributed by atoms with van der Waals surface area (Å²) < 4.78 is 40.1. The molecule has 2 fully saturated rings. The second kappa shape index (κ2) is 6.85. The minimum atomic E-state index is -4.80. The Labute approximate surface area is 169 Å². The van der Waals surface area contributed by atoms with E-state index < -0.39 is 34.8 Å². The van der Waals surface area contributed by atoms with Gasteiger partial charge in [0.2, 0.25) is 0 Å². The second-order valence-electron chi connectivity index (χ2n) is 7.31. The van der Waals surface area contributed by atoms with Crippen molar-refractivity contribution in [2.45, 2.75) is 37.6 Å². The minimum Gasteiger partial charge on any atom is -0.392 e. The molecule has 1 heterocycles. The van der Waals surface area contributed by atoms with E-state index in [4.69, 9.17) is 5.26 Å². The molecule has 1 saturated carbocycles. The van der Waals surface area contributed by atoms with Gasteiger partial charge in [0.1, 0.15) is 5.54 Å². The summed E-state index contributed by atoms with van der Waals surface area (Å²) in [6, 6.07) is 9.98. The van der Waals surface area contributed by atoms with Crippen LogP contribution < -0.4 is 9.80 Å². The van der Waals surface area contributed by atoms with E-state index in [0.717, 1.165) is 11.0 Å². The highest BCUT2D eigenvalue weighted by Gasteiger charge is 2.61. The number of halogens is 3. The summed E-state index contributed by atoms with van der Waals surface area (Å²) in [6.07, 6.45) is -3.30. The third-order valence-corrected chi connectivity index (χ3v) is 5.66. The standard InChI is InChI=1S/C21H16F3N3O3/c22-21(23,24)17-10-16(7-4-14(17)11-25)26-18(29)20(8-1-9-20)27(19(26)30)15-5-2-13(12-28)3-6-15/h2-7,10,28H,1,8-9,12H2. The van der Waals surface area contributed by atoms with Crippen LogP contribution in [0.3, 0.4) is 0 Å². The summed E-state index contributed by atoms with van der Waals surface area (Å²) in [4.78, 5) is 28.5. The highest BCUT2D eigenvalue weighted by atomic mass is 19.4. The highest BCUT2D eigenvalue weighted by molar-refractivity contribution is 6.30. The molecule has 154 valence electrons. The van der Waals surface area contributed by atoms with Gasteiger partial charge in [0, 0.05) is 5.69 Å². The number of benzene rings is 2. The van der Waals surface area contributed by atoms with Gasteiger partial charge in [-0.1, -0.05) is 12.1 Å². The summed E-state index contributed by atoms with van der Waals surface area (Å²) in [6.45, 7) is -0.185. The van der Waals surface area contributed by atoms with Crippen LogP contribution in [-0.2, 0) is 17.6 Å². The Kier molecular flexibility index (Phi) is 4.55. The topological polar surface area (TPSA) is 84.6 Å². The zero-order valence-corrected chi connectivity index (χ0v) is 15.6. The molecule has 1 spiro atoms. The molecular formula is C21H16F3N3O3. The Hall–Kier alpha value is -3.38. The molecule has 0 aromatic heterocycles. The number of carbonyl (C=O) groups excluding carboxylic acids is 2. The fourth-order valence-electron chi connectivity index (χ4n) is 3.96. The van der Waals surface area contributed by atoms with Crippen molar-refractivity contribution in [3.05, 3.63) is 59.2 Å². The fraction of sp³-hybridized carbons (Fsp3) is 0.286. The van der Waals surface area contributed by atoms with Gasteiger partial charge in [-0.25, -0.2) is 9.69 Å². The van der Waals surface area contributed by atoms with E-state index in [2.05, 4.69) is 0 Å². The van der Waals surface area contributed by atoms with Crippen LogP contribution in [0.1, 0.15) is 36.0 Å². The number of nitriles is 1. The molecule has 0 radical (unpaired) electrons. The van der Waals surface area contributed by atoms with Crippen LogP contribution in [0.2, 0.25) is 0 Å². The first-order valence-corrected chi connectivity index (χ1v) is 9.23. The van der Waals surface area contributed by atoms with Crippen molar-refractivity contribution in [2.24, 2.45) is 0 Å². The molecule has 2 aliphatic rings. The molecule has 4 rings (SSSR count). The van der Waals surface area contributed by atoms with Crippen molar-refractivity contribution < 1.29 is 27.9 Å². The van der Waals surface area contributed by atoms with Crippen molar-refractivity contribution in [1.29, 1.82) is 5.26 Å². The Bertz CT molecular complexity index is 1070. The predicted molar refractivity (Wildman–Crippen MR) is 100 cm³/mol. The van der Waals surface area contributed by atoms with E-state index in [-0.39, 0.29) is 12.3 Å². The number of amides is 3. The number of aliphatic hydroxyl groups is 1. The maximum absolute atomic E-state index is 13.4. The molecule has 30 heavy (non-hydrogen) atoms. The zero-order chi connectivity index (χ0) is 21.7. The predicted octanol–water partition coefficient (Wildman–Crippen LogP) is 3.97. The number of anilines is 2. The summed E-state index contributed by atoms with van der Waals surface area (Å²) in [5.41, 5.74) is -2.09. The monoisotopic (exact) mass is 415 g/mol. The number of hydrogen-bond acceptors (Lipinski definition) is 4. The molecule has 0 unspecified atom stereocenters. The van der Waals surface area contributed by atoms with Gasteiger partial charge in [0.15, 0.2) is 0 Å². The third-order valence-electron chi connectivity index (χ3n) is 5.66. The molecule has 3 amide bonds. The minimum absolute atomic E-state index is 0.185. The van der Waals surface area contributed by atoms with Gasteiger partial charge in [0.05, 0.1) is 29.5 Å². The van der Waals surface area contributed by atoms with Crippen LogP contribution in [0.15, 0.2) is 42.5 Å². The maximum atomic E-state index is 13.4. The average Bonchev–Trinajstić information content (AvgIpc) is 2.93. The van der Waals surface area contributed by atoms with E-state index in [1.165, 1.54) is 17.0 Å². The molecule has 6 nitrogen and oxygen atoms in total. The molecule has 1 aliphatic carbocycles. The number of urea groups is 1. The lowest BCUT2D eigenvalue weighted by Crippen LogP contribution is -2.55. The Morgan fingerprint density at radius 2 is 1.70 bits per heavy atom. The van der Waals surface area contributed by atoms with Crippen molar-refractivity contribution in [2.75, 3.05) is 9.80 Å². The fourth-order valence-corrected chi connectivity index (χ4v) is 3.96. The second-order valence-corrected chi connectivity index (χ2v) is 7.31. The zero-order valence-electron chi connectivity index (χ0n) is 15.6. The van der Waals surface area contributed by atoms with E-state index in [1.54, 1.807) is 24.3 Å². The summed E-state index contributed by atoms with van der Waals surface area (Å²) >= 11 is 0. The number of hydrogen-bond donors (Lipinski definition) is 1. The van der Waals surface area contributed by atoms with Crippen LogP contribution >= 0.6 is 0 Å². The van der Waals surface area contributed by atoms with Gasteiger partial charge in [0.25, 0.3) is 5.91 Å². The van der Waals surface area contributed by atoms with Gasteiger partial charge >= 0.3 is 12.2 Å². The average molecular weight is 415 g/mol. The van der Waals surface area contributed by atoms with E-state index in [1.807, 2.05) is 0 Å². The Morgan fingerprint density at radius 3 is 2.20 bits per heavy atom. The first-order chi connectivity index (χ1) is 14.2. The largest absolute Gasteiger partial charge is 0.417 e. The van der Waals surface area contributed by atoms with Gasteiger partial charge < -0.3 is 5.11 Å². The molecule has 0 atom stereocenters. The quantitative estimate of drug-likeness (QED) is 0.769. The van der Waals surface area contributed by atoms with Crippen molar-refractivity contribution in [3.63, 3.8) is 0 Å². The molecule has 1 aliphatic heterocycles. The van der Waals surface area contributed by atoms with Gasteiger partial charge in [-0.3, -0.25) is 9.69 Å². The van der Waals surface area contributed by atoms with E-state index in [0.29, 0.717) is 36.6 Å². The summed E-state index contributed by atoms with van der Waals surface area (Å²) in [5.74, 6) is -0.581. The first kappa shape index (κ1) is 19.9. The first-order valence-electron chi connectivity index (χ1n) is 9.23. The SMILES string of the molecule is N#Cc1ccc(N2C(=O)N(c3ccc(CO)cc3)C3(CCC3)C2=O)cc1C(F)(F)F. The molecule has 1 saturated heterocycles. The smallest absolute Gasteiger partial charge is 0.392 e. The summed E-state index contributed by atoms with van der Waals surface area (Å²) in [5, 5.41) is 18.2. The van der Waals surface area contributed by atoms with Crippen LogP contribution in [0.25, 0.3) is 0 Å². The summed E-state index contributed by atoms with van der Waals surface area (Å²) in [7, 11) is 0. The van der Waals surface area contributed by atoms with E-state index in [9.17, 15) is 27.9 Å². The van der Waals surface area contributed by atoms with Crippen molar-refractivity contribution in [1.82, 2.24) is 0 Å². The van der Waals surface area contributed by atoms with E-state index >= 15 is 0 Å². The number of aliphatic hydroxyl groups excluding tert-OH is 1. The molecule has 0 bridgehead atoms. The van der Waals surface area contributed by atoms with Crippen LogP contribution in [0, 0.1) is 11.3 Å². The number of carbonyl (C=O) groups is 2. The van der Waals surface area contributed by atoms with Crippen molar-refractivity contribution >= 4 is 23.3 Å². The Balaban J connectivity index is 1.80. The van der Waals surface area contributed by atoms with Gasteiger partial charge in [-0.05, 0) is 55.2 Å². The molecule has 9 heteroatoms. The lowest BCUT2D eigenvalue weighted by Gasteiger charge is -2.42. The number of rotatable bonds is 3. The van der Waals surface area contributed by atoms with Gasteiger partial charge in [-0.15, -0.1) is 0 Å². The Morgan fingerprint density at radius 1 is 1.07 bits per heavy atom. The highest BCUT2D eigenvalue weighted by Crippen LogP contribution is 2.48.